The van der Waals surface area contributed by atoms with Gasteiger partial charge in [-0.1, -0.05) is 26.0 Å². The van der Waals surface area contributed by atoms with Crippen molar-refractivity contribution < 1.29 is 106 Å². The van der Waals surface area contributed by atoms with Crippen LogP contribution in [0.4, 0.5) is 0 Å². The molecular formula is C65H99N19O22S4. The van der Waals surface area contributed by atoms with Gasteiger partial charge in [0.1, 0.15) is 96.4 Å². The van der Waals surface area contributed by atoms with Gasteiger partial charge in [-0.3, -0.25) is 91.1 Å². The van der Waals surface area contributed by atoms with Crippen molar-refractivity contribution in [3.8, 4) is 5.75 Å². The predicted molar refractivity (Wildman–Crippen MR) is 401 cm³/mol. The Morgan fingerprint density at radius 1 is 0.436 bits per heavy atom. The zero-order valence-electron chi connectivity index (χ0n) is 60.7. The van der Waals surface area contributed by atoms with Gasteiger partial charge >= 0.3 is 5.97 Å². The van der Waals surface area contributed by atoms with Crippen LogP contribution in [0.2, 0.25) is 0 Å². The zero-order chi connectivity index (χ0) is 82.5. The first-order valence-electron chi connectivity index (χ1n) is 35.0. The molecule has 0 spiro atoms. The van der Waals surface area contributed by atoms with E-state index in [2.05, 4.69) is 114 Å². The first kappa shape index (κ1) is 92.7. The average molecular weight is 1630 g/mol. The van der Waals surface area contributed by atoms with Crippen molar-refractivity contribution in [2.24, 2.45) is 28.9 Å². The summed E-state index contributed by atoms with van der Waals surface area (Å²) in [5.74, 6) is -20.8. The summed E-state index contributed by atoms with van der Waals surface area (Å²) in [7, 11) is 0. The van der Waals surface area contributed by atoms with Gasteiger partial charge in [-0.25, -0.2) is 0 Å². The number of nitrogens with one attached hydrogen (secondary N) is 12. The highest BCUT2D eigenvalue weighted by molar-refractivity contribution is 7.80. The molecule has 0 unspecified atom stereocenters. The Morgan fingerprint density at radius 3 is 1.30 bits per heavy atom. The van der Waals surface area contributed by atoms with Crippen molar-refractivity contribution in [1.82, 2.24) is 78.5 Å². The molecule has 15 atom stereocenters. The third kappa shape index (κ3) is 28.0. The maximum Gasteiger partial charge on any atom is 0.305 e. The van der Waals surface area contributed by atoms with Crippen LogP contribution >= 0.6 is 50.5 Å². The molecule has 1 aromatic rings. The molecule has 0 saturated carbocycles. The number of phenols is 1. The molecule has 0 bridgehead atoms. The fourth-order valence-corrected chi connectivity index (χ4v) is 13.0. The smallest absolute Gasteiger partial charge is 0.305 e. The largest absolute Gasteiger partial charge is 0.508 e. The van der Waals surface area contributed by atoms with Crippen LogP contribution in [-0.2, 0) is 97.5 Å². The molecule has 0 aliphatic carbocycles. The first-order chi connectivity index (χ1) is 51.8. The minimum Gasteiger partial charge on any atom is -0.508 e. The number of primary amides is 3. The average Bonchev–Trinajstić information content (AvgIpc) is 1.65. The van der Waals surface area contributed by atoms with Crippen LogP contribution in [0.15, 0.2) is 24.3 Å². The van der Waals surface area contributed by atoms with Crippen LogP contribution in [0, 0.1) is 5.92 Å². The number of thiol groups is 4. The number of hydrogen-bond acceptors (Lipinski definition) is 26. The summed E-state index contributed by atoms with van der Waals surface area (Å²) < 4.78 is 0. The lowest BCUT2D eigenvalue weighted by molar-refractivity contribution is -0.148. The molecule has 45 heteroatoms. The van der Waals surface area contributed by atoms with E-state index in [0.29, 0.717) is 18.4 Å². The number of carbonyl (C=O) groups is 19. The van der Waals surface area contributed by atoms with E-state index in [1.54, 1.807) is 13.8 Å². The highest BCUT2D eigenvalue weighted by Crippen LogP contribution is 2.27. The van der Waals surface area contributed by atoms with Gasteiger partial charge < -0.3 is 117 Å². The summed E-state index contributed by atoms with van der Waals surface area (Å²) in [6.07, 6.45) is -2.34. The molecule has 3 aliphatic heterocycles. The van der Waals surface area contributed by atoms with Crippen LogP contribution in [0.25, 0.3) is 0 Å². The second-order valence-electron chi connectivity index (χ2n) is 26.7. The van der Waals surface area contributed by atoms with E-state index in [-0.39, 0.29) is 92.8 Å². The summed E-state index contributed by atoms with van der Waals surface area (Å²) in [5, 5.41) is 58.2. The monoisotopic (exact) mass is 1630 g/mol. The van der Waals surface area contributed by atoms with Crippen LogP contribution < -0.4 is 86.7 Å². The van der Waals surface area contributed by atoms with Crippen LogP contribution in [-0.4, -0.2) is 289 Å². The number of likely N-dealkylation sites (tertiary alicyclic amines) is 3. The SMILES string of the molecule is CC(C)C[C@H](NC(=O)[C@H](CO)NC(=O)[C@H](CS)NC(=O)[C@H](CS)NC(=O)CN)C(=O)N1CCC[C@H]1C(=O)N1CCC[C@H]1C(=O)N[C@@H](CS)C(=O)N[C@@H](C)C(=O)N[C@@H](C)C(=O)N[C@@H](CC(N)=O)C(=O)N[C@@H](CC(N)=O)C(=O)N1CCC[C@H]1C(=O)N[C@@H](CC(=O)O)C(=O)N[C@@H](Cc1ccc(O)cc1)C(=O)N[C@@H](CS)C(N)=O. The van der Waals surface area contributed by atoms with Gasteiger partial charge in [-0.05, 0) is 82.4 Å². The fourth-order valence-electron chi connectivity index (χ4n) is 11.9. The number of aliphatic carboxylic acids is 1. The van der Waals surface area contributed by atoms with Crippen molar-refractivity contribution in [2.75, 3.05) is 55.8 Å². The quantitative estimate of drug-likeness (QED) is 0.0270. The van der Waals surface area contributed by atoms with E-state index >= 15 is 0 Å². The number of nitrogens with zero attached hydrogens (tertiary/aromatic N) is 3. The maximum atomic E-state index is 14.5. The summed E-state index contributed by atoms with van der Waals surface area (Å²) in [5.41, 5.74) is 22.0. The molecular weight excluding hydrogens is 1530 g/mol. The summed E-state index contributed by atoms with van der Waals surface area (Å²) in [6.45, 7) is 4.37. The van der Waals surface area contributed by atoms with E-state index in [1.165, 1.54) is 41.0 Å². The standard InChI is InChI=1S/C65H99N19O22S4/c1-29(2)18-37(76-57(98)39(24-85)78-60(101)43(28-110)80-59(100)41(26-108)72-49(89)23-66)63(104)84-17-7-10-46(84)65(106)83-16-6-9-45(83)62(103)81-42(27-109)58(99)71-30(3)52(93)70-31(4)53(94)73-35(20-47(67)87)55(96)77-38(21-48(68)88)64(105)82-15-5-8-44(82)61(102)75-36(22-50(90)91)56(97)74-34(19-32-11-13-33(86)14-12-32)54(95)79-40(25-107)51(69)92/h11-14,29-31,34-46,85-86,107-110H,5-10,15-28,66H2,1-4H3,(H2,67,87)(H2,68,88)(H2,69,92)(H,70,93)(H,71,99)(H,72,89)(H,73,94)(H,74,97)(H,75,102)(H,76,98)(H,77,96)(H,78,101)(H,79,95)(H,80,100)(H,81,103)(H,90,91)/t30-,31-,34-,35-,36-,37-,38-,39-,40-,41-,42-,43-,44-,45-,46-/m0/s1. The highest BCUT2D eigenvalue weighted by Gasteiger charge is 2.46. The van der Waals surface area contributed by atoms with Crippen molar-refractivity contribution in [2.45, 2.75) is 189 Å². The first-order valence-corrected chi connectivity index (χ1v) is 37.5. The Balaban J connectivity index is 1.39. The molecule has 0 radical (unpaired) electrons. The lowest BCUT2D eigenvalue weighted by Crippen LogP contribution is -2.61. The normalized spacial score (nSPS) is 18.5. The number of rotatable bonds is 43. The van der Waals surface area contributed by atoms with Crippen molar-refractivity contribution in [3.63, 3.8) is 0 Å². The molecule has 23 N–H and O–H groups in total. The molecule has 3 saturated heterocycles. The minimum atomic E-state index is -1.94. The van der Waals surface area contributed by atoms with E-state index in [4.69, 9.17) is 22.9 Å². The van der Waals surface area contributed by atoms with E-state index in [0.717, 1.165) is 11.8 Å². The summed E-state index contributed by atoms with van der Waals surface area (Å²) in [6, 6.07) is -17.1. The van der Waals surface area contributed by atoms with Gasteiger partial charge in [0, 0.05) is 49.1 Å². The number of aliphatic hydroxyl groups excluding tert-OH is 1. The number of benzene rings is 1. The van der Waals surface area contributed by atoms with Gasteiger partial charge in [-0.2, -0.15) is 50.5 Å². The molecule has 3 heterocycles. The molecule has 4 rings (SSSR count). The third-order valence-electron chi connectivity index (χ3n) is 17.7. The van der Waals surface area contributed by atoms with E-state index in [1.807, 2.05) is 0 Å². The highest BCUT2D eigenvalue weighted by atomic mass is 32.1. The number of aliphatic hydroxyl groups is 1. The Bertz CT molecular complexity index is 3570. The van der Waals surface area contributed by atoms with Crippen LogP contribution in [0.3, 0.4) is 0 Å². The fraction of sp³-hybridized carbons (Fsp3) is 0.615. The Kier molecular flexibility index (Phi) is 37.7. The molecule has 41 nitrogen and oxygen atoms in total. The van der Waals surface area contributed by atoms with E-state index < -0.39 is 235 Å². The molecule has 3 fully saturated rings. The van der Waals surface area contributed by atoms with Crippen molar-refractivity contribution >= 4 is 163 Å². The van der Waals surface area contributed by atoms with Gasteiger partial charge in [0.05, 0.1) is 32.4 Å². The van der Waals surface area contributed by atoms with Crippen molar-refractivity contribution in [3.05, 3.63) is 29.8 Å². The number of aromatic hydroxyl groups is 1. The molecule has 610 valence electrons. The van der Waals surface area contributed by atoms with Gasteiger partial charge in [-0.15, -0.1) is 0 Å². The maximum absolute atomic E-state index is 14.5. The number of carboxylic acid groups (broad SMARTS) is 1. The number of amides is 18. The molecule has 110 heavy (non-hydrogen) atoms. The molecule has 18 amide bonds. The molecule has 3 aliphatic rings. The van der Waals surface area contributed by atoms with Gasteiger partial charge in [0.2, 0.25) is 106 Å². The number of nitrogens with two attached hydrogens (primary N) is 4. The second-order valence-corrected chi connectivity index (χ2v) is 28.1. The minimum absolute atomic E-state index is 0.0314. The Hall–Kier alpha value is -9.73. The lowest BCUT2D eigenvalue weighted by atomic mass is 10.0. The number of carboxylic acids is 1. The summed E-state index contributed by atoms with van der Waals surface area (Å²) >= 11 is 16.4. The molecule has 1 aromatic carbocycles. The number of carbonyl (C=O) groups excluding carboxylic acids is 18. The lowest BCUT2D eigenvalue weighted by Gasteiger charge is -2.34. The summed E-state index contributed by atoms with van der Waals surface area (Å²) in [4.78, 5) is 258. The third-order valence-corrected chi connectivity index (χ3v) is 19.2. The Morgan fingerprint density at radius 2 is 0.800 bits per heavy atom. The van der Waals surface area contributed by atoms with Crippen LogP contribution in [0.5, 0.6) is 5.75 Å². The van der Waals surface area contributed by atoms with Gasteiger partial charge in [0.15, 0.2) is 0 Å². The Labute approximate surface area is 653 Å². The second kappa shape index (κ2) is 44.8. The predicted octanol–water partition coefficient (Wildman–Crippen LogP) is -9.81. The topological polar surface area (TPSA) is 643 Å². The number of hydrogen-bond donors (Lipinski definition) is 23. The van der Waals surface area contributed by atoms with Crippen molar-refractivity contribution in [1.29, 1.82) is 0 Å². The van der Waals surface area contributed by atoms with E-state index in [9.17, 15) is 106 Å². The van der Waals surface area contributed by atoms with Gasteiger partial charge in [0.25, 0.3) is 0 Å². The van der Waals surface area contributed by atoms with Crippen LogP contribution in [0.1, 0.15) is 97.5 Å². The molecule has 0 aromatic heterocycles. The zero-order valence-corrected chi connectivity index (χ0v) is 64.3. The number of phenolic OH excluding ortho intramolecular Hbond substituents is 1.